The Morgan fingerprint density at radius 3 is 2.24 bits per heavy atom. The predicted molar refractivity (Wildman–Crippen MR) is 141 cm³/mol. The van der Waals surface area contributed by atoms with Gasteiger partial charge in [-0.25, -0.2) is 5.43 Å². The summed E-state index contributed by atoms with van der Waals surface area (Å²) in [6.07, 6.45) is 1.55. The van der Waals surface area contributed by atoms with Crippen LogP contribution in [0.4, 0.5) is 0 Å². The summed E-state index contributed by atoms with van der Waals surface area (Å²) in [5.74, 6) is 1.41. The molecule has 0 fully saturated rings. The molecule has 3 aromatic rings. The molecule has 0 aliphatic carbocycles. The highest BCUT2D eigenvalue weighted by atomic mass is 79.9. The van der Waals surface area contributed by atoms with Crippen LogP contribution in [0.1, 0.15) is 35.3 Å². The van der Waals surface area contributed by atoms with Crippen molar-refractivity contribution in [1.82, 2.24) is 5.43 Å². The van der Waals surface area contributed by atoms with Gasteiger partial charge < -0.3 is 14.2 Å². The topological polar surface area (TPSA) is 69.2 Å². The molecule has 0 aliphatic heterocycles. The highest BCUT2D eigenvalue weighted by molar-refractivity contribution is 9.11. The van der Waals surface area contributed by atoms with E-state index < -0.39 is 0 Å². The monoisotopic (exact) mass is 608 g/mol. The van der Waals surface area contributed by atoms with Crippen LogP contribution in [0.25, 0.3) is 0 Å². The summed E-state index contributed by atoms with van der Waals surface area (Å²) < 4.78 is 18.5. The first-order chi connectivity index (χ1) is 16.4. The highest BCUT2D eigenvalue weighted by Gasteiger charge is 2.12. The van der Waals surface area contributed by atoms with E-state index in [0.717, 1.165) is 20.1 Å². The quantitative estimate of drug-likeness (QED) is 0.198. The van der Waals surface area contributed by atoms with Crippen LogP contribution in [0, 0.1) is 0 Å². The zero-order valence-corrected chi connectivity index (χ0v) is 22.5. The van der Waals surface area contributed by atoms with Crippen molar-refractivity contribution in [3.63, 3.8) is 0 Å². The minimum absolute atomic E-state index is 0.360. The van der Waals surface area contributed by atoms with Crippen molar-refractivity contribution in [3.8, 4) is 17.2 Å². The Kier molecular flexibility index (Phi) is 9.80. The van der Waals surface area contributed by atoms with Crippen molar-refractivity contribution >= 4 is 55.6 Å². The van der Waals surface area contributed by atoms with E-state index in [1.54, 1.807) is 24.4 Å². The molecular formula is C25H23Br2ClN2O4. The molecule has 34 heavy (non-hydrogen) atoms. The van der Waals surface area contributed by atoms with Crippen molar-refractivity contribution in [2.24, 2.45) is 5.10 Å². The van der Waals surface area contributed by atoms with Gasteiger partial charge in [-0.15, -0.1) is 0 Å². The van der Waals surface area contributed by atoms with Crippen LogP contribution in [0.15, 0.2) is 68.6 Å². The largest absolute Gasteiger partial charge is 0.490 e. The molecular weight excluding hydrogens is 588 g/mol. The average Bonchev–Trinajstić information content (AvgIpc) is 2.81. The fraction of sp³-hybridized carbons (Fsp3) is 0.200. The third-order valence-electron chi connectivity index (χ3n) is 4.50. The molecule has 0 atom stereocenters. The van der Waals surface area contributed by atoms with Crippen LogP contribution in [0.5, 0.6) is 17.2 Å². The standard InChI is InChI=1S/C25H23Br2ClN2O4/c1-3-32-22-10-7-18(13-23(22)33-4-2)25(31)30-29-14-17-11-20(26)24(21(27)12-17)34-15-16-5-8-19(28)9-6-16/h5-14H,3-4,15H2,1-2H3,(H,30,31)/b29-14+. The zero-order valence-electron chi connectivity index (χ0n) is 18.6. The van der Waals surface area contributed by atoms with E-state index in [0.29, 0.717) is 47.7 Å². The number of amides is 1. The van der Waals surface area contributed by atoms with Gasteiger partial charge in [-0.3, -0.25) is 4.79 Å². The van der Waals surface area contributed by atoms with Crippen molar-refractivity contribution in [1.29, 1.82) is 0 Å². The summed E-state index contributed by atoms with van der Waals surface area (Å²) in [5, 5.41) is 4.75. The Morgan fingerprint density at radius 2 is 1.59 bits per heavy atom. The number of halogens is 3. The molecule has 6 nitrogen and oxygen atoms in total. The number of rotatable bonds is 10. The molecule has 1 N–H and O–H groups in total. The van der Waals surface area contributed by atoms with Gasteiger partial charge in [-0.2, -0.15) is 5.10 Å². The Bertz CT molecular complexity index is 1150. The number of benzene rings is 3. The molecule has 0 radical (unpaired) electrons. The number of hydrogen-bond acceptors (Lipinski definition) is 5. The van der Waals surface area contributed by atoms with Gasteiger partial charge in [0.15, 0.2) is 11.5 Å². The van der Waals surface area contributed by atoms with E-state index in [4.69, 9.17) is 25.8 Å². The Balaban J connectivity index is 1.64. The lowest BCUT2D eigenvalue weighted by Gasteiger charge is -2.12. The summed E-state index contributed by atoms with van der Waals surface area (Å²) in [4.78, 5) is 12.5. The lowest BCUT2D eigenvalue weighted by molar-refractivity contribution is 0.0954. The van der Waals surface area contributed by atoms with E-state index in [1.807, 2.05) is 50.2 Å². The zero-order chi connectivity index (χ0) is 24.5. The molecule has 0 saturated heterocycles. The second-order valence-corrected chi connectivity index (χ2v) is 9.10. The predicted octanol–water partition coefficient (Wildman–Crippen LogP) is 7.01. The number of nitrogens with one attached hydrogen (secondary N) is 1. The van der Waals surface area contributed by atoms with Gasteiger partial charge in [0.1, 0.15) is 12.4 Å². The molecule has 3 rings (SSSR count). The first-order valence-electron chi connectivity index (χ1n) is 10.5. The fourth-order valence-electron chi connectivity index (χ4n) is 2.95. The summed E-state index contributed by atoms with van der Waals surface area (Å²) >= 11 is 13.0. The highest BCUT2D eigenvalue weighted by Crippen LogP contribution is 2.35. The van der Waals surface area contributed by atoms with E-state index in [1.165, 1.54) is 0 Å². The van der Waals surface area contributed by atoms with E-state index in [9.17, 15) is 4.79 Å². The van der Waals surface area contributed by atoms with Crippen molar-refractivity contribution < 1.29 is 19.0 Å². The normalized spacial score (nSPS) is 10.9. The minimum Gasteiger partial charge on any atom is -0.490 e. The van der Waals surface area contributed by atoms with Gasteiger partial charge in [0.05, 0.1) is 28.4 Å². The smallest absolute Gasteiger partial charge is 0.271 e. The van der Waals surface area contributed by atoms with Crippen molar-refractivity contribution in [3.05, 3.63) is 85.3 Å². The molecule has 0 saturated carbocycles. The van der Waals surface area contributed by atoms with Crippen molar-refractivity contribution in [2.45, 2.75) is 20.5 Å². The molecule has 0 heterocycles. The molecule has 0 bridgehead atoms. The molecule has 178 valence electrons. The van der Waals surface area contributed by atoms with Crippen LogP contribution in [-0.4, -0.2) is 25.3 Å². The van der Waals surface area contributed by atoms with Gasteiger partial charge >= 0.3 is 0 Å². The lowest BCUT2D eigenvalue weighted by atomic mass is 10.2. The van der Waals surface area contributed by atoms with E-state index in [-0.39, 0.29) is 5.91 Å². The molecule has 9 heteroatoms. The maximum atomic E-state index is 12.5. The van der Waals surface area contributed by atoms with Crippen LogP contribution in [0.3, 0.4) is 0 Å². The summed E-state index contributed by atoms with van der Waals surface area (Å²) in [7, 11) is 0. The first-order valence-corrected chi connectivity index (χ1v) is 12.5. The maximum Gasteiger partial charge on any atom is 0.271 e. The Labute approximate surface area is 220 Å². The van der Waals surface area contributed by atoms with Gasteiger partial charge in [0, 0.05) is 10.6 Å². The molecule has 0 aromatic heterocycles. The number of carbonyl (C=O) groups is 1. The molecule has 1 amide bonds. The van der Waals surface area contributed by atoms with E-state index >= 15 is 0 Å². The van der Waals surface area contributed by atoms with Crippen molar-refractivity contribution in [2.75, 3.05) is 13.2 Å². The lowest BCUT2D eigenvalue weighted by Crippen LogP contribution is -2.17. The SMILES string of the molecule is CCOc1ccc(C(=O)N/N=C/c2cc(Br)c(OCc3ccc(Cl)cc3)c(Br)c2)cc1OCC. The maximum absolute atomic E-state index is 12.5. The van der Waals surface area contributed by atoms with Gasteiger partial charge in [0.25, 0.3) is 5.91 Å². The molecule has 0 aliphatic rings. The number of carbonyl (C=O) groups excluding carboxylic acids is 1. The third-order valence-corrected chi connectivity index (χ3v) is 5.93. The molecule has 0 unspecified atom stereocenters. The molecule has 0 spiro atoms. The summed E-state index contributed by atoms with van der Waals surface area (Å²) in [6, 6.07) is 16.2. The Hall–Kier alpha value is -2.55. The molecule has 3 aromatic carbocycles. The average molecular weight is 611 g/mol. The van der Waals surface area contributed by atoms with Gasteiger partial charge in [-0.05, 0) is 99.3 Å². The minimum atomic E-state index is -0.360. The number of nitrogens with zero attached hydrogens (tertiary/aromatic N) is 1. The fourth-order valence-corrected chi connectivity index (χ4v) is 4.53. The van der Waals surface area contributed by atoms with Crippen LogP contribution < -0.4 is 19.6 Å². The first kappa shape index (κ1) is 26.1. The third kappa shape index (κ3) is 7.22. The summed E-state index contributed by atoms with van der Waals surface area (Å²) in [5.41, 5.74) is 4.71. The van der Waals surface area contributed by atoms with Crippen LogP contribution >= 0.6 is 43.5 Å². The second-order valence-electron chi connectivity index (χ2n) is 6.96. The van der Waals surface area contributed by atoms with Crippen LogP contribution in [-0.2, 0) is 6.61 Å². The number of hydrogen-bond donors (Lipinski definition) is 1. The summed E-state index contributed by atoms with van der Waals surface area (Å²) in [6.45, 7) is 5.12. The van der Waals surface area contributed by atoms with Crippen LogP contribution in [0.2, 0.25) is 5.02 Å². The van der Waals surface area contributed by atoms with Gasteiger partial charge in [-0.1, -0.05) is 23.7 Å². The van der Waals surface area contributed by atoms with E-state index in [2.05, 4.69) is 42.4 Å². The Morgan fingerprint density at radius 1 is 0.941 bits per heavy atom. The second kappa shape index (κ2) is 12.8. The number of hydrazone groups is 1. The number of ether oxygens (including phenoxy) is 3. The van der Waals surface area contributed by atoms with Gasteiger partial charge in [0.2, 0.25) is 0 Å².